The van der Waals surface area contributed by atoms with Crippen LogP contribution in [0.25, 0.3) is 0 Å². The molecule has 0 aliphatic carbocycles. The van der Waals surface area contributed by atoms with Crippen molar-refractivity contribution in [1.82, 2.24) is 0 Å². The van der Waals surface area contributed by atoms with Crippen molar-refractivity contribution in [3.63, 3.8) is 0 Å². The first-order valence-corrected chi connectivity index (χ1v) is 7.53. The van der Waals surface area contributed by atoms with Crippen molar-refractivity contribution in [2.45, 2.75) is 43.5 Å². The van der Waals surface area contributed by atoms with E-state index in [0.717, 1.165) is 31.3 Å². The minimum atomic E-state index is -3.12. The van der Waals surface area contributed by atoms with Crippen LogP contribution in [0.5, 0.6) is 0 Å². The van der Waals surface area contributed by atoms with Gasteiger partial charge in [0.1, 0.15) is 0 Å². The molecule has 2 unspecified atom stereocenters. The minimum absolute atomic E-state index is 0.211. The molecule has 0 bridgehead atoms. The van der Waals surface area contributed by atoms with Gasteiger partial charge < -0.3 is 9.84 Å². The molecular formula is C11H18O4S. The highest BCUT2D eigenvalue weighted by atomic mass is 32.2. The highest BCUT2D eigenvalue weighted by Crippen LogP contribution is 2.28. The summed E-state index contributed by atoms with van der Waals surface area (Å²) in [6.45, 7) is 0.660. The normalized spacial score (nSPS) is 31.3. The Balaban J connectivity index is 2.13. The summed E-state index contributed by atoms with van der Waals surface area (Å²) in [7, 11) is -3.12. The third kappa shape index (κ3) is 2.40. The Labute approximate surface area is 96.2 Å². The molecule has 0 aromatic heterocycles. The van der Waals surface area contributed by atoms with Crippen molar-refractivity contribution in [3.05, 3.63) is 11.8 Å². The molecular weight excluding hydrogens is 228 g/mol. The smallest absolute Gasteiger partial charge is 0.156 e. The summed E-state index contributed by atoms with van der Waals surface area (Å²) in [4.78, 5) is 0. The molecule has 0 radical (unpaired) electrons. The summed E-state index contributed by atoms with van der Waals surface area (Å²) in [5.41, 5.74) is 0.738. The van der Waals surface area contributed by atoms with Gasteiger partial charge in [0.15, 0.2) is 9.84 Å². The van der Waals surface area contributed by atoms with E-state index in [1.807, 2.05) is 0 Å². The van der Waals surface area contributed by atoms with E-state index in [1.54, 1.807) is 0 Å². The summed E-state index contributed by atoms with van der Waals surface area (Å²) in [6, 6.07) is 0. The van der Waals surface area contributed by atoms with Gasteiger partial charge in [-0.25, -0.2) is 8.42 Å². The second kappa shape index (κ2) is 4.75. The van der Waals surface area contributed by atoms with Crippen molar-refractivity contribution in [2.24, 2.45) is 0 Å². The summed E-state index contributed by atoms with van der Waals surface area (Å²) in [5, 5.41) is 9.49. The van der Waals surface area contributed by atoms with Crippen LogP contribution >= 0.6 is 0 Å². The molecule has 2 atom stereocenters. The highest BCUT2D eigenvalue weighted by Gasteiger charge is 2.36. The first-order chi connectivity index (χ1) is 7.61. The monoisotopic (exact) mass is 246 g/mol. The summed E-state index contributed by atoms with van der Waals surface area (Å²) >= 11 is 0. The van der Waals surface area contributed by atoms with E-state index in [1.165, 1.54) is 6.26 Å². The largest absolute Gasteiger partial charge is 0.501 e. The van der Waals surface area contributed by atoms with Gasteiger partial charge in [-0.15, -0.1) is 0 Å². The van der Waals surface area contributed by atoms with Crippen LogP contribution in [0.15, 0.2) is 11.8 Å². The standard InChI is InChI=1S/C11H18O4S/c12-11(9-4-3-6-15-8-9)10-5-1-2-7-16(10,13)14/h8,10-12H,1-7H2. The molecule has 2 aliphatic heterocycles. The Morgan fingerprint density at radius 2 is 2.19 bits per heavy atom. The first kappa shape index (κ1) is 11.9. The van der Waals surface area contributed by atoms with Crippen molar-refractivity contribution >= 4 is 9.84 Å². The van der Waals surface area contributed by atoms with E-state index >= 15 is 0 Å². The Morgan fingerprint density at radius 3 is 2.81 bits per heavy atom. The van der Waals surface area contributed by atoms with Crippen LogP contribution in [0, 0.1) is 0 Å². The first-order valence-electron chi connectivity index (χ1n) is 5.81. The Bertz CT molecular complexity index is 371. The molecule has 1 N–H and O–H groups in total. The molecule has 16 heavy (non-hydrogen) atoms. The molecule has 5 heteroatoms. The van der Waals surface area contributed by atoms with Gasteiger partial charge in [0.2, 0.25) is 0 Å². The molecule has 0 aromatic carbocycles. The average molecular weight is 246 g/mol. The lowest BCUT2D eigenvalue weighted by Crippen LogP contribution is -2.40. The molecule has 4 nitrogen and oxygen atoms in total. The molecule has 2 heterocycles. The van der Waals surface area contributed by atoms with Crippen LogP contribution in [0.1, 0.15) is 32.1 Å². The lowest BCUT2D eigenvalue weighted by atomic mass is 9.99. The van der Waals surface area contributed by atoms with Gasteiger partial charge in [-0.3, -0.25) is 0 Å². The van der Waals surface area contributed by atoms with E-state index in [-0.39, 0.29) is 5.75 Å². The molecule has 0 saturated carbocycles. The van der Waals surface area contributed by atoms with E-state index in [9.17, 15) is 13.5 Å². The molecule has 0 amide bonds. The van der Waals surface area contributed by atoms with Gasteiger partial charge in [-0.1, -0.05) is 6.42 Å². The predicted molar refractivity (Wildman–Crippen MR) is 60.7 cm³/mol. The van der Waals surface area contributed by atoms with E-state index < -0.39 is 21.2 Å². The maximum atomic E-state index is 11.8. The Kier molecular flexibility index (Phi) is 3.54. The maximum Gasteiger partial charge on any atom is 0.156 e. The second-order valence-electron chi connectivity index (χ2n) is 4.51. The lowest BCUT2D eigenvalue weighted by molar-refractivity contribution is 0.160. The van der Waals surface area contributed by atoms with Gasteiger partial charge in [0.05, 0.1) is 30.0 Å². The number of hydrogen-bond donors (Lipinski definition) is 1. The predicted octanol–water partition coefficient (Wildman–Crippen LogP) is 1.01. The third-order valence-corrected chi connectivity index (χ3v) is 5.60. The number of sulfone groups is 1. The fourth-order valence-corrected chi connectivity index (χ4v) is 4.38. The van der Waals surface area contributed by atoms with Gasteiger partial charge in [-0.05, 0) is 31.3 Å². The average Bonchev–Trinajstić information content (AvgIpc) is 2.29. The fourth-order valence-electron chi connectivity index (χ4n) is 2.37. The molecule has 1 fully saturated rings. The molecule has 0 aromatic rings. The number of aliphatic hydroxyl groups is 1. The molecule has 0 spiro atoms. The van der Waals surface area contributed by atoms with E-state index in [4.69, 9.17) is 4.74 Å². The summed E-state index contributed by atoms with van der Waals surface area (Å²) in [5.74, 6) is 0.211. The van der Waals surface area contributed by atoms with Crippen molar-refractivity contribution in [1.29, 1.82) is 0 Å². The van der Waals surface area contributed by atoms with Gasteiger partial charge in [0, 0.05) is 0 Å². The fraction of sp³-hybridized carbons (Fsp3) is 0.818. The number of aliphatic hydroxyl groups excluding tert-OH is 1. The molecule has 2 aliphatic rings. The third-order valence-electron chi connectivity index (χ3n) is 3.32. The van der Waals surface area contributed by atoms with E-state index in [0.29, 0.717) is 13.0 Å². The van der Waals surface area contributed by atoms with Gasteiger partial charge in [-0.2, -0.15) is 0 Å². The summed E-state index contributed by atoms with van der Waals surface area (Å²) < 4.78 is 28.8. The van der Waals surface area contributed by atoms with Crippen molar-refractivity contribution < 1.29 is 18.3 Å². The highest BCUT2D eigenvalue weighted by molar-refractivity contribution is 7.92. The lowest BCUT2D eigenvalue weighted by Gasteiger charge is -2.29. The Morgan fingerprint density at radius 1 is 1.38 bits per heavy atom. The molecule has 1 saturated heterocycles. The van der Waals surface area contributed by atoms with Crippen LogP contribution < -0.4 is 0 Å². The number of rotatable bonds is 2. The van der Waals surface area contributed by atoms with Gasteiger partial charge in [0.25, 0.3) is 0 Å². The SMILES string of the molecule is O=S1(=O)CCCCC1C(O)C1=COCCC1. The number of hydrogen-bond acceptors (Lipinski definition) is 4. The zero-order valence-corrected chi connectivity index (χ0v) is 10.1. The van der Waals surface area contributed by atoms with Crippen molar-refractivity contribution in [3.8, 4) is 0 Å². The summed E-state index contributed by atoms with van der Waals surface area (Å²) in [6.07, 6.45) is 4.45. The van der Waals surface area contributed by atoms with Crippen molar-refractivity contribution in [2.75, 3.05) is 12.4 Å². The Hall–Kier alpha value is -0.550. The van der Waals surface area contributed by atoms with Crippen LogP contribution in [0.4, 0.5) is 0 Å². The molecule has 2 rings (SSSR count). The van der Waals surface area contributed by atoms with Crippen LogP contribution in [-0.4, -0.2) is 37.2 Å². The topological polar surface area (TPSA) is 63.6 Å². The van der Waals surface area contributed by atoms with Gasteiger partial charge >= 0.3 is 0 Å². The minimum Gasteiger partial charge on any atom is -0.501 e. The zero-order chi connectivity index (χ0) is 11.6. The van der Waals surface area contributed by atoms with E-state index in [2.05, 4.69) is 0 Å². The quantitative estimate of drug-likeness (QED) is 0.789. The maximum absolute atomic E-state index is 11.8. The van der Waals surface area contributed by atoms with Crippen LogP contribution in [0.3, 0.4) is 0 Å². The zero-order valence-electron chi connectivity index (χ0n) is 9.26. The van der Waals surface area contributed by atoms with Crippen LogP contribution in [0.2, 0.25) is 0 Å². The number of ether oxygens (including phenoxy) is 1. The van der Waals surface area contributed by atoms with Crippen LogP contribution in [-0.2, 0) is 14.6 Å². The second-order valence-corrected chi connectivity index (χ2v) is 6.85. The molecule has 92 valence electrons.